The van der Waals surface area contributed by atoms with Gasteiger partial charge in [0, 0.05) is 6.20 Å². The lowest BCUT2D eigenvalue weighted by Gasteiger charge is -2.06. The molecule has 0 unspecified atom stereocenters. The van der Waals surface area contributed by atoms with Gasteiger partial charge in [0.1, 0.15) is 0 Å². The third-order valence-electron chi connectivity index (χ3n) is 1.86. The Balaban J connectivity index is 3.37. The first kappa shape index (κ1) is 11.2. The Kier molecular flexibility index (Phi) is 3.39. The van der Waals surface area contributed by atoms with Gasteiger partial charge in [-0.15, -0.1) is 0 Å². The number of nitrogens with one attached hydrogen (secondary N) is 1. The normalized spacial score (nSPS) is 10.1. The zero-order valence-electron chi connectivity index (χ0n) is 7.88. The standard InChI is InChI=1S/C9H8F2N2O2/c1-15-9-5(2-3-12)7(14)6(4-13-9)8(10)11/h4,8H,2H2,1H3,(H,13,14). The van der Waals surface area contributed by atoms with Gasteiger partial charge in [-0.3, -0.25) is 4.79 Å². The largest absolute Gasteiger partial charge is 0.482 e. The summed E-state index contributed by atoms with van der Waals surface area (Å²) < 4.78 is 29.4. The number of ether oxygens (including phenoxy) is 1. The highest BCUT2D eigenvalue weighted by atomic mass is 19.3. The molecule has 4 nitrogen and oxygen atoms in total. The molecule has 0 bridgehead atoms. The van der Waals surface area contributed by atoms with Crippen molar-refractivity contribution in [3.63, 3.8) is 0 Å². The molecule has 6 heteroatoms. The smallest absolute Gasteiger partial charge is 0.269 e. The number of aromatic nitrogens is 1. The van der Waals surface area contributed by atoms with E-state index >= 15 is 0 Å². The van der Waals surface area contributed by atoms with E-state index in [0.717, 1.165) is 6.20 Å². The van der Waals surface area contributed by atoms with Crippen LogP contribution in [0.1, 0.15) is 17.6 Å². The number of pyridine rings is 1. The van der Waals surface area contributed by atoms with Crippen LogP contribution in [-0.4, -0.2) is 12.1 Å². The van der Waals surface area contributed by atoms with Crippen molar-refractivity contribution in [2.24, 2.45) is 0 Å². The predicted molar refractivity (Wildman–Crippen MR) is 47.9 cm³/mol. The highest BCUT2D eigenvalue weighted by Crippen LogP contribution is 2.18. The van der Waals surface area contributed by atoms with Crippen LogP contribution in [0.5, 0.6) is 5.88 Å². The highest BCUT2D eigenvalue weighted by Gasteiger charge is 2.17. The predicted octanol–water partition coefficient (Wildman–Crippen LogP) is 1.39. The molecule has 80 valence electrons. The van der Waals surface area contributed by atoms with Crippen LogP contribution < -0.4 is 10.2 Å². The Morgan fingerprint density at radius 1 is 1.67 bits per heavy atom. The van der Waals surface area contributed by atoms with E-state index in [1.165, 1.54) is 7.11 Å². The number of aromatic amines is 1. The zero-order valence-corrected chi connectivity index (χ0v) is 7.88. The monoisotopic (exact) mass is 214 g/mol. The zero-order chi connectivity index (χ0) is 11.4. The van der Waals surface area contributed by atoms with E-state index in [4.69, 9.17) is 10.00 Å². The lowest BCUT2D eigenvalue weighted by Crippen LogP contribution is -2.17. The van der Waals surface area contributed by atoms with Gasteiger partial charge in [0.25, 0.3) is 6.43 Å². The van der Waals surface area contributed by atoms with E-state index in [2.05, 4.69) is 4.98 Å². The van der Waals surface area contributed by atoms with Crippen molar-refractivity contribution < 1.29 is 13.5 Å². The Hall–Kier alpha value is -1.90. The van der Waals surface area contributed by atoms with Gasteiger partial charge in [-0.1, -0.05) is 0 Å². The topological polar surface area (TPSA) is 65.9 Å². The maximum Gasteiger partial charge on any atom is 0.269 e. The number of hydrogen-bond acceptors (Lipinski definition) is 3. The number of methoxy groups -OCH3 is 1. The van der Waals surface area contributed by atoms with E-state index in [1.807, 2.05) is 0 Å². The third-order valence-corrected chi connectivity index (χ3v) is 1.86. The molecule has 0 aliphatic carbocycles. The summed E-state index contributed by atoms with van der Waals surface area (Å²) in [7, 11) is 1.29. The fourth-order valence-electron chi connectivity index (χ4n) is 1.16. The van der Waals surface area contributed by atoms with Crippen LogP contribution in [0.25, 0.3) is 0 Å². The molecule has 0 aromatic carbocycles. The van der Waals surface area contributed by atoms with Crippen LogP contribution in [-0.2, 0) is 6.42 Å². The summed E-state index contributed by atoms with van der Waals surface area (Å²) in [5.74, 6) is 0.0472. The molecule has 1 aromatic rings. The molecule has 0 spiro atoms. The molecule has 0 radical (unpaired) electrons. The first-order valence-electron chi connectivity index (χ1n) is 4.05. The molecular formula is C9H8F2N2O2. The van der Waals surface area contributed by atoms with Gasteiger partial charge in [0.05, 0.1) is 30.7 Å². The summed E-state index contributed by atoms with van der Waals surface area (Å²) in [6.07, 6.45) is -2.23. The number of rotatable bonds is 3. The number of alkyl halides is 2. The first-order valence-corrected chi connectivity index (χ1v) is 4.05. The van der Waals surface area contributed by atoms with Gasteiger partial charge in [-0.2, -0.15) is 5.26 Å². The second kappa shape index (κ2) is 4.55. The van der Waals surface area contributed by atoms with Crippen molar-refractivity contribution in [2.45, 2.75) is 12.8 Å². The number of hydrogen-bond donors (Lipinski definition) is 1. The van der Waals surface area contributed by atoms with Crippen molar-refractivity contribution in [1.29, 1.82) is 5.26 Å². The minimum Gasteiger partial charge on any atom is -0.482 e. The molecule has 1 N–H and O–H groups in total. The lowest BCUT2D eigenvalue weighted by molar-refractivity contribution is 0.149. The number of halogens is 2. The van der Waals surface area contributed by atoms with E-state index in [-0.39, 0.29) is 17.9 Å². The Morgan fingerprint density at radius 3 is 2.80 bits per heavy atom. The minimum atomic E-state index is -2.86. The van der Waals surface area contributed by atoms with Crippen molar-refractivity contribution in [3.8, 4) is 11.9 Å². The van der Waals surface area contributed by atoms with E-state index in [0.29, 0.717) is 0 Å². The van der Waals surface area contributed by atoms with Crippen molar-refractivity contribution >= 4 is 0 Å². The van der Waals surface area contributed by atoms with Crippen LogP contribution in [0, 0.1) is 11.3 Å². The lowest BCUT2D eigenvalue weighted by atomic mass is 10.1. The van der Waals surface area contributed by atoms with E-state index in [1.54, 1.807) is 6.07 Å². The molecule has 0 atom stereocenters. The van der Waals surface area contributed by atoms with E-state index in [9.17, 15) is 13.6 Å². The number of nitriles is 1. The van der Waals surface area contributed by atoms with Crippen molar-refractivity contribution in [3.05, 3.63) is 27.5 Å². The summed E-state index contributed by atoms with van der Waals surface area (Å²) in [5.41, 5.74) is -1.57. The molecule has 0 aliphatic rings. The Labute approximate surface area is 84.1 Å². The molecule has 0 fully saturated rings. The highest BCUT2D eigenvalue weighted by molar-refractivity contribution is 5.32. The number of H-pyrrole nitrogens is 1. The average molecular weight is 214 g/mol. The molecular weight excluding hydrogens is 206 g/mol. The number of nitrogens with zero attached hydrogens (tertiary/aromatic N) is 1. The van der Waals surface area contributed by atoms with Crippen LogP contribution in [0.3, 0.4) is 0 Å². The fourth-order valence-corrected chi connectivity index (χ4v) is 1.16. The Morgan fingerprint density at radius 2 is 2.33 bits per heavy atom. The van der Waals surface area contributed by atoms with Gasteiger partial charge in [0.15, 0.2) is 11.3 Å². The van der Waals surface area contributed by atoms with Crippen molar-refractivity contribution in [2.75, 3.05) is 7.11 Å². The third kappa shape index (κ3) is 2.13. The molecule has 0 aliphatic heterocycles. The summed E-state index contributed by atoms with van der Waals surface area (Å²) in [5, 5.41) is 8.45. The van der Waals surface area contributed by atoms with Crippen LogP contribution in [0.2, 0.25) is 0 Å². The SMILES string of the molecule is COc1[nH]cc(C(F)F)c(=O)c1CC#N. The molecule has 0 amide bonds. The van der Waals surface area contributed by atoms with Crippen LogP contribution in [0.15, 0.2) is 11.0 Å². The summed E-state index contributed by atoms with van der Waals surface area (Å²) in [4.78, 5) is 13.9. The van der Waals surface area contributed by atoms with Crippen LogP contribution >= 0.6 is 0 Å². The molecule has 1 heterocycles. The summed E-state index contributed by atoms with van der Waals surface area (Å²) >= 11 is 0. The minimum absolute atomic E-state index is 0.0472. The second-order valence-electron chi connectivity index (χ2n) is 2.72. The van der Waals surface area contributed by atoms with E-state index < -0.39 is 17.4 Å². The van der Waals surface area contributed by atoms with Gasteiger partial charge in [-0.05, 0) is 0 Å². The maximum absolute atomic E-state index is 12.3. The quantitative estimate of drug-likeness (QED) is 0.826. The van der Waals surface area contributed by atoms with Gasteiger partial charge >= 0.3 is 0 Å². The summed E-state index contributed by atoms with van der Waals surface area (Å²) in [6, 6.07) is 1.72. The molecule has 1 aromatic heterocycles. The van der Waals surface area contributed by atoms with Gasteiger partial charge in [0.2, 0.25) is 0 Å². The molecule has 1 rings (SSSR count). The fraction of sp³-hybridized carbons (Fsp3) is 0.333. The first-order chi connectivity index (χ1) is 7.11. The van der Waals surface area contributed by atoms with Gasteiger partial charge in [-0.25, -0.2) is 8.78 Å². The molecule has 0 saturated carbocycles. The second-order valence-corrected chi connectivity index (χ2v) is 2.72. The van der Waals surface area contributed by atoms with Gasteiger partial charge < -0.3 is 9.72 Å². The molecule has 15 heavy (non-hydrogen) atoms. The summed E-state index contributed by atoms with van der Waals surface area (Å²) in [6.45, 7) is 0. The average Bonchev–Trinajstić information content (AvgIpc) is 2.20. The van der Waals surface area contributed by atoms with Crippen molar-refractivity contribution in [1.82, 2.24) is 4.98 Å². The maximum atomic E-state index is 12.3. The molecule has 0 saturated heterocycles. The van der Waals surface area contributed by atoms with Crippen LogP contribution in [0.4, 0.5) is 8.78 Å². The Bertz CT molecular complexity index is 448.